The molecule has 64 valence electrons. The van der Waals surface area contributed by atoms with Crippen molar-refractivity contribution in [1.29, 1.82) is 0 Å². The SMILES string of the molecule is CC(C)CCC[C@H](C)N=C=O. The first-order valence-electron chi connectivity index (χ1n) is 4.23. The number of nitrogens with zero attached hydrogens (tertiary/aromatic N) is 1. The van der Waals surface area contributed by atoms with Gasteiger partial charge in [-0.1, -0.05) is 26.7 Å². The first-order valence-corrected chi connectivity index (χ1v) is 4.23. The first kappa shape index (κ1) is 10.4. The van der Waals surface area contributed by atoms with Crippen LogP contribution >= 0.6 is 0 Å². The van der Waals surface area contributed by atoms with Gasteiger partial charge in [-0.2, -0.15) is 0 Å². The van der Waals surface area contributed by atoms with Crippen molar-refractivity contribution in [3.05, 3.63) is 0 Å². The van der Waals surface area contributed by atoms with Gasteiger partial charge in [-0.05, 0) is 19.3 Å². The van der Waals surface area contributed by atoms with Gasteiger partial charge in [0, 0.05) is 0 Å². The Balaban J connectivity index is 3.31. The Hall–Kier alpha value is -0.620. The van der Waals surface area contributed by atoms with E-state index in [-0.39, 0.29) is 6.04 Å². The van der Waals surface area contributed by atoms with E-state index in [9.17, 15) is 4.79 Å². The summed E-state index contributed by atoms with van der Waals surface area (Å²) in [5.41, 5.74) is 0. The summed E-state index contributed by atoms with van der Waals surface area (Å²) in [6.45, 7) is 6.35. The average molecular weight is 155 g/mol. The Kier molecular flexibility index (Phi) is 5.77. The van der Waals surface area contributed by atoms with Gasteiger partial charge in [-0.15, -0.1) is 0 Å². The molecule has 0 N–H and O–H groups in total. The molecule has 0 rings (SSSR count). The molecular formula is C9H17NO. The second kappa shape index (κ2) is 6.11. The van der Waals surface area contributed by atoms with Crippen molar-refractivity contribution in [3.8, 4) is 0 Å². The van der Waals surface area contributed by atoms with Gasteiger partial charge in [-0.25, -0.2) is 9.79 Å². The van der Waals surface area contributed by atoms with Crippen LogP contribution in [0.15, 0.2) is 4.99 Å². The highest BCUT2D eigenvalue weighted by Gasteiger charge is 1.99. The quantitative estimate of drug-likeness (QED) is 0.443. The second-order valence-corrected chi connectivity index (χ2v) is 3.39. The minimum absolute atomic E-state index is 0.159. The summed E-state index contributed by atoms with van der Waals surface area (Å²) in [6.07, 6.45) is 4.97. The molecule has 0 fully saturated rings. The summed E-state index contributed by atoms with van der Waals surface area (Å²) in [4.78, 5) is 13.4. The average Bonchev–Trinajstić information content (AvgIpc) is 1.87. The molecule has 2 heteroatoms. The van der Waals surface area contributed by atoms with Crippen molar-refractivity contribution in [3.63, 3.8) is 0 Å². The first-order chi connectivity index (χ1) is 5.16. The maximum Gasteiger partial charge on any atom is 0.235 e. The molecule has 0 radical (unpaired) electrons. The Bertz CT molecular complexity index is 136. The zero-order valence-electron chi connectivity index (χ0n) is 7.63. The third kappa shape index (κ3) is 7.27. The van der Waals surface area contributed by atoms with Crippen LogP contribution in [0, 0.1) is 5.92 Å². The predicted molar refractivity (Wildman–Crippen MR) is 46.3 cm³/mol. The minimum atomic E-state index is 0.159. The van der Waals surface area contributed by atoms with E-state index in [0.717, 1.165) is 18.8 Å². The number of aliphatic imine (C=N–C) groups is 1. The van der Waals surface area contributed by atoms with Crippen LogP contribution in [-0.4, -0.2) is 12.1 Å². The van der Waals surface area contributed by atoms with Crippen LogP contribution in [0.5, 0.6) is 0 Å². The maximum atomic E-state index is 9.82. The summed E-state index contributed by atoms with van der Waals surface area (Å²) in [5.74, 6) is 0.752. The van der Waals surface area contributed by atoms with E-state index in [1.165, 1.54) is 6.42 Å². The normalized spacial score (nSPS) is 12.7. The number of isocyanates is 1. The summed E-state index contributed by atoms with van der Waals surface area (Å²) < 4.78 is 0. The molecule has 1 atom stereocenters. The van der Waals surface area contributed by atoms with E-state index in [1.807, 2.05) is 6.92 Å². The smallest absolute Gasteiger partial charge is 0.211 e. The maximum absolute atomic E-state index is 9.82. The number of carbonyl (C=O) groups excluding carboxylic acids is 1. The van der Waals surface area contributed by atoms with Crippen LogP contribution in [-0.2, 0) is 4.79 Å². The van der Waals surface area contributed by atoms with Crippen LogP contribution in [0.4, 0.5) is 0 Å². The minimum Gasteiger partial charge on any atom is -0.211 e. The Morgan fingerprint density at radius 2 is 1.91 bits per heavy atom. The monoisotopic (exact) mass is 155 g/mol. The fourth-order valence-corrected chi connectivity index (χ4v) is 0.976. The van der Waals surface area contributed by atoms with Gasteiger partial charge < -0.3 is 0 Å². The molecule has 0 saturated heterocycles. The van der Waals surface area contributed by atoms with Crippen LogP contribution in [0.1, 0.15) is 40.0 Å². The lowest BCUT2D eigenvalue weighted by Crippen LogP contribution is -1.98. The highest BCUT2D eigenvalue weighted by Crippen LogP contribution is 2.09. The van der Waals surface area contributed by atoms with Crippen molar-refractivity contribution in [2.75, 3.05) is 0 Å². The van der Waals surface area contributed by atoms with E-state index >= 15 is 0 Å². The fraction of sp³-hybridized carbons (Fsp3) is 0.889. The van der Waals surface area contributed by atoms with Gasteiger partial charge in [0.25, 0.3) is 0 Å². The number of hydrogen-bond donors (Lipinski definition) is 0. The largest absolute Gasteiger partial charge is 0.235 e. The molecule has 0 aliphatic heterocycles. The zero-order valence-corrected chi connectivity index (χ0v) is 7.63. The Morgan fingerprint density at radius 3 is 2.36 bits per heavy atom. The molecule has 11 heavy (non-hydrogen) atoms. The molecule has 2 nitrogen and oxygen atoms in total. The lowest BCUT2D eigenvalue weighted by atomic mass is 10.0. The predicted octanol–water partition coefficient (Wildman–Crippen LogP) is 2.54. The molecule has 0 aliphatic rings. The molecule has 0 saturated carbocycles. The lowest BCUT2D eigenvalue weighted by Gasteiger charge is -2.05. The topological polar surface area (TPSA) is 29.4 Å². The van der Waals surface area contributed by atoms with E-state index in [0.29, 0.717) is 0 Å². The van der Waals surface area contributed by atoms with Crippen LogP contribution in [0.2, 0.25) is 0 Å². The van der Waals surface area contributed by atoms with E-state index < -0.39 is 0 Å². The summed E-state index contributed by atoms with van der Waals surface area (Å²) >= 11 is 0. The molecular weight excluding hydrogens is 138 g/mol. The highest BCUT2D eigenvalue weighted by molar-refractivity contribution is 5.33. The van der Waals surface area contributed by atoms with Gasteiger partial charge in [0.05, 0.1) is 6.04 Å². The van der Waals surface area contributed by atoms with Gasteiger partial charge in [0.15, 0.2) is 0 Å². The van der Waals surface area contributed by atoms with Crippen LogP contribution in [0.25, 0.3) is 0 Å². The summed E-state index contributed by atoms with van der Waals surface area (Å²) in [6, 6.07) is 0.159. The van der Waals surface area contributed by atoms with Gasteiger partial charge >= 0.3 is 0 Å². The van der Waals surface area contributed by atoms with Crippen molar-refractivity contribution in [2.24, 2.45) is 10.9 Å². The van der Waals surface area contributed by atoms with Gasteiger partial charge in [-0.3, -0.25) is 0 Å². The van der Waals surface area contributed by atoms with Crippen LogP contribution < -0.4 is 0 Å². The van der Waals surface area contributed by atoms with E-state index in [1.54, 1.807) is 6.08 Å². The molecule has 0 spiro atoms. The third-order valence-corrected chi connectivity index (χ3v) is 1.68. The molecule has 0 aromatic heterocycles. The molecule has 0 amide bonds. The molecule has 0 aromatic carbocycles. The third-order valence-electron chi connectivity index (χ3n) is 1.68. The Morgan fingerprint density at radius 1 is 1.27 bits per heavy atom. The van der Waals surface area contributed by atoms with E-state index in [4.69, 9.17) is 0 Å². The lowest BCUT2D eigenvalue weighted by molar-refractivity contribution is 0.507. The fourth-order valence-electron chi connectivity index (χ4n) is 0.976. The molecule has 0 aromatic rings. The zero-order chi connectivity index (χ0) is 8.69. The Labute approximate surface area is 68.7 Å². The number of rotatable bonds is 5. The standard InChI is InChI=1S/C9H17NO/c1-8(2)5-4-6-9(3)10-7-11/h8-9H,4-6H2,1-3H3/t9-/m0/s1. The van der Waals surface area contributed by atoms with E-state index in [2.05, 4.69) is 18.8 Å². The molecule has 0 aliphatic carbocycles. The highest BCUT2D eigenvalue weighted by atomic mass is 16.1. The van der Waals surface area contributed by atoms with Gasteiger partial charge in [0.1, 0.15) is 0 Å². The van der Waals surface area contributed by atoms with Crippen molar-refractivity contribution in [1.82, 2.24) is 0 Å². The molecule has 0 bridgehead atoms. The summed E-state index contributed by atoms with van der Waals surface area (Å²) in [5, 5.41) is 0. The second-order valence-electron chi connectivity index (χ2n) is 3.39. The van der Waals surface area contributed by atoms with Crippen molar-refractivity contribution in [2.45, 2.75) is 46.1 Å². The number of hydrogen-bond acceptors (Lipinski definition) is 2. The van der Waals surface area contributed by atoms with Crippen molar-refractivity contribution >= 4 is 6.08 Å². The van der Waals surface area contributed by atoms with Crippen LogP contribution in [0.3, 0.4) is 0 Å². The van der Waals surface area contributed by atoms with Crippen molar-refractivity contribution < 1.29 is 4.79 Å². The summed E-state index contributed by atoms with van der Waals surface area (Å²) in [7, 11) is 0. The molecule has 0 heterocycles. The van der Waals surface area contributed by atoms with Gasteiger partial charge in [0.2, 0.25) is 6.08 Å². The molecule has 0 unspecified atom stereocenters.